The lowest BCUT2D eigenvalue weighted by molar-refractivity contribution is -0.133. The first kappa shape index (κ1) is 14.6. The number of esters is 1. The van der Waals surface area contributed by atoms with E-state index >= 15 is 0 Å². The van der Waals surface area contributed by atoms with E-state index in [-0.39, 0.29) is 11.9 Å². The number of hydrogen-bond acceptors (Lipinski definition) is 5. The minimum atomic E-state index is -0.233. The molecule has 2 heterocycles. The van der Waals surface area contributed by atoms with Gasteiger partial charge in [-0.2, -0.15) is 0 Å². The Morgan fingerprint density at radius 2 is 1.88 bits per heavy atom. The standard InChI is InChI=1S/C19H16N2O3/c1-3-12-6-4-5-7-15(12)18-21-20-17(24-18)13-8-9-14-11(2)19(22)23-16(14)10-13/h4-11H,3H2,1-2H3. The van der Waals surface area contributed by atoms with Crippen molar-refractivity contribution in [1.82, 2.24) is 10.2 Å². The summed E-state index contributed by atoms with van der Waals surface area (Å²) in [6, 6.07) is 13.5. The van der Waals surface area contributed by atoms with Crippen LogP contribution < -0.4 is 4.74 Å². The third-order valence-corrected chi connectivity index (χ3v) is 4.34. The van der Waals surface area contributed by atoms with Crippen molar-refractivity contribution in [3.63, 3.8) is 0 Å². The van der Waals surface area contributed by atoms with Gasteiger partial charge in [0.15, 0.2) is 0 Å². The van der Waals surface area contributed by atoms with E-state index in [1.54, 1.807) is 6.07 Å². The van der Waals surface area contributed by atoms with Gasteiger partial charge in [0.05, 0.1) is 5.92 Å². The monoisotopic (exact) mass is 320 g/mol. The maximum Gasteiger partial charge on any atom is 0.318 e. The molecule has 1 unspecified atom stereocenters. The lowest BCUT2D eigenvalue weighted by atomic mass is 10.0. The molecule has 0 aliphatic carbocycles. The summed E-state index contributed by atoms with van der Waals surface area (Å²) in [5, 5.41) is 8.32. The zero-order chi connectivity index (χ0) is 16.7. The lowest BCUT2D eigenvalue weighted by Gasteiger charge is -2.02. The van der Waals surface area contributed by atoms with Gasteiger partial charge in [-0.1, -0.05) is 31.2 Å². The minimum absolute atomic E-state index is 0.231. The van der Waals surface area contributed by atoms with Crippen molar-refractivity contribution in [2.45, 2.75) is 26.2 Å². The van der Waals surface area contributed by atoms with Crippen LogP contribution in [0.4, 0.5) is 0 Å². The number of ether oxygens (including phenoxy) is 1. The molecule has 0 saturated heterocycles. The molecular weight excluding hydrogens is 304 g/mol. The van der Waals surface area contributed by atoms with Gasteiger partial charge in [-0.25, -0.2) is 0 Å². The van der Waals surface area contributed by atoms with Crippen molar-refractivity contribution in [3.8, 4) is 28.7 Å². The van der Waals surface area contributed by atoms with Crippen molar-refractivity contribution in [2.24, 2.45) is 0 Å². The van der Waals surface area contributed by atoms with Crippen LogP contribution in [0.1, 0.15) is 30.9 Å². The van der Waals surface area contributed by atoms with Gasteiger partial charge in [0.25, 0.3) is 0 Å². The summed E-state index contributed by atoms with van der Waals surface area (Å²) in [4.78, 5) is 11.7. The van der Waals surface area contributed by atoms with E-state index in [0.717, 1.165) is 28.7 Å². The first-order chi connectivity index (χ1) is 11.7. The van der Waals surface area contributed by atoms with Crippen molar-refractivity contribution >= 4 is 5.97 Å². The normalized spacial score (nSPS) is 16.1. The number of fused-ring (bicyclic) bond motifs is 1. The Bertz CT molecular complexity index is 930. The van der Waals surface area contributed by atoms with E-state index in [9.17, 15) is 4.79 Å². The van der Waals surface area contributed by atoms with Crippen molar-refractivity contribution < 1.29 is 13.9 Å². The number of carbonyl (C=O) groups is 1. The average molecular weight is 320 g/mol. The van der Waals surface area contributed by atoms with E-state index in [4.69, 9.17) is 9.15 Å². The molecule has 0 bridgehead atoms. The number of benzene rings is 2. The van der Waals surface area contributed by atoms with Crippen molar-refractivity contribution in [3.05, 3.63) is 53.6 Å². The van der Waals surface area contributed by atoms with Gasteiger partial charge in [0, 0.05) is 16.7 Å². The molecule has 24 heavy (non-hydrogen) atoms. The van der Waals surface area contributed by atoms with Crippen LogP contribution in [0.3, 0.4) is 0 Å². The fourth-order valence-electron chi connectivity index (χ4n) is 2.92. The second-order valence-corrected chi connectivity index (χ2v) is 5.82. The van der Waals surface area contributed by atoms with Crippen LogP contribution in [-0.4, -0.2) is 16.2 Å². The number of aryl methyl sites for hydroxylation is 1. The van der Waals surface area contributed by atoms with Gasteiger partial charge in [-0.3, -0.25) is 4.79 Å². The molecule has 4 rings (SSSR count). The highest BCUT2D eigenvalue weighted by atomic mass is 16.5. The first-order valence-corrected chi connectivity index (χ1v) is 7.95. The molecule has 1 aliphatic heterocycles. The Hall–Kier alpha value is -2.95. The van der Waals surface area contributed by atoms with Gasteiger partial charge < -0.3 is 9.15 Å². The fourth-order valence-corrected chi connectivity index (χ4v) is 2.92. The van der Waals surface area contributed by atoms with Gasteiger partial charge in [-0.15, -0.1) is 10.2 Å². The Morgan fingerprint density at radius 3 is 2.71 bits per heavy atom. The summed E-state index contributed by atoms with van der Waals surface area (Å²) in [5.41, 5.74) is 3.73. The van der Waals surface area contributed by atoms with Crippen molar-refractivity contribution in [1.29, 1.82) is 0 Å². The molecular formula is C19H16N2O3. The highest BCUT2D eigenvalue weighted by molar-refractivity contribution is 5.86. The zero-order valence-corrected chi connectivity index (χ0v) is 13.4. The number of nitrogens with zero attached hydrogens (tertiary/aromatic N) is 2. The van der Waals surface area contributed by atoms with Crippen molar-refractivity contribution in [2.75, 3.05) is 0 Å². The van der Waals surface area contributed by atoms with Crippen LogP contribution in [-0.2, 0) is 11.2 Å². The summed E-state index contributed by atoms with van der Waals surface area (Å²) >= 11 is 0. The van der Waals surface area contributed by atoms with Gasteiger partial charge in [0.2, 0.25) is 11.8 Å². The molecule has 5 heteroatoms. The second kappa shape index (κ2) is 5.60. The molecule has 0 radical (unpaired) electrons. The topological polar surface area (TPSA) is 65.2 Å². The fraction of sp³-hybridized carbons (Fsp3) is 0.211. The van der Waals surface area contributed by atoms with Crippen LogP contribution in [0, 0.1) is 0 Å². The third-order valence-electron chi connectivity index (χ3n) is 4.34. The third kappa shape index (κ3) is 2.29. The van der Waals surface area contributed by atoms with Crippen LogP contribution in [0.2, 0.25) is 0 Å². The predicted molar refractivity (Wildman–Crippen MR) is 88.6 cm³/mol. The van der Waals surface area contributed by atoms with E-state index in [0.29, 0.717) is 17.5 Å². The molecule has 1 aliphatic rings. The van der Waals surface area contributed by atoms with Crippen LogP contribution in [0.5, 0.6) is 5.75 Å². The quantitative estimate of drug-likeness (QED) is 0.539. The molecule has 1 aromatic heterocycles. The number of carbonyl (C=O) groups excluding carboxylic acids is 1. The van der Waals surface area contributed by atoms with Gasteiger partial charge in [-0.05, 0) is 37.1 Å². The van der Waals surface area contributed by atoms with Crippen LogP contribution >= 0.6 is 0 Å². The lowest BCUT2D eigenvalue weighted by Crippen LogP contribution is -2.05. The Morgan fingerprint density at radius 1 is 1.08 bits per heavy atom. The van der Waals surface area contributed by atoms with E-state index in [2.05, 4.69) is 23.2 Å². The summed E-state index contributed by atoms with van der Waals surface area (Å²) < 4.78 is 11.1. The molecule has 0 saturated carbocycles. The molecule has 0 amide bonds. The Labute approximate surface area is 139 Å². The van der Waals surface area contributed by atoms with E-state index < -0.39 is 0 Å². The molecule has 120 valence electrons. The maximum absolute atomic E-state index is 11.7. The molecule has 5 nitrogen and oxygen atoms in total. The summed E-state index contributed by atoms with van der Waals surface area (Å²) in [6.45, 7) is 3.92. The van der Waals surface area contributed by atoms with E-state index in [1.165, 1.54) is 0 Å². The Kier molecular flexibility index (Phi) is 3.41. The second-order valence-electron chi connectivity index (χ2n) is 5.82. The predicted octanol–water partition coefficient (Wildman–Crippen LogP) is 3.99. The molecule has 2 aromatic carbocycles. The first-order valence-electron chi connectivity index (χ1n) is 7.95. The van der Waals surface area contributed by atoms with E-state index in [1.807, 2.05) is 37.3 Å². The minimum Gasteiger partial charge on any atom is -0.426 e. The molecule has 1 atom stereocenters. The summed E-state index contributed by atoms with van der Waals surface area (Å²) in [5.74, 6) is 1.01. The highest BCUT2D eigenvalue weighted by Gasteiger charge is 2.29. The van der Waals surface area contributed by atoms with Gasteiger partial charge in [0.1, 0.15) is 5.75 Å². The molecule has 0 spiro atoms. The molecule has 0 N–H and O–H groups in total. The number of hydrogen-bond donors (Lipinski definition) is 0. The average Bonchev–Trinajstić information content (AvgIpc) is 3.20. The molecule has 3 aromatic rings. The summed E-state index contributed by atoms with van der Waals surface area (Å²) in [6.07, 6.45) is 0.889. The van der Waals surface area contributed by atoms with Crippen LogP contribution in [0.15, 0.2) is 46.9 Å². The zero-order valence-electron chi connectivity index (χ0n) is 13.4. The smallest absolute Gasteiger partial charge is 0.318 e. The summed E-state index contributed by atoms with van der Waals surface area (Å²) in [7, 11) is 0. The largest absolute Gasteiger partial charge is 0.426 e. The van der Waals surface area contributed by atoms with Crippen LogP contribution in [0.25, 0.3) is 22.9 Å². The number of aromatic nitrogens is 2. The molecule has 0 fully saturated rings. The maximum atomic E-state index is 11.7. The highest BCUT2D eigenvalue weighted by Crippen LogP contribution is 2.37. The number of rotatable bonds is 3. The Balaban J connectivity index is 1.71. The van der Waals surface area contributed by atoms with Gasteiger partial charge >= 0.3 is 5.97 Å². The SMILES string of the molecule is CCc1ccccc1-c1nnc(-c2ccc3c(c2)OC(=O)C3C)o1.